The van der Waals surface area contributed by atoms with Crippen LogP contribution in [0.4, 0.5) is 0 Å². The molecule has 0 aliphatic carbocycles. The monoisotopic (exact) mass is 287 g/mol. The van der Waals surface area contributed by atoms with Gasteiger partial charge >= 0.3 is 0 Å². The number of H-pyrrole nitrogens is 1. The molecule has 1 atom stereocenters. The summed E-state index contributed by atoms with van der Waals surface area (Å²) in [6, 6.07) is 3.98. The normalized spacial score (nSPS) is 18.9. The van der Waals surface area contributed by atoms with Gasteiger partial charge in [-0.25, -0.2) is 0 Å². The van der Waals surface area contributed by atoms with Gasteiger partial charge in [0.15, 0.2) is 0 Å². The highest BCUT2D eigenvalue weighted by atomic mass is 16.2. The Hall–Kier alpha value is -2.11. The quantitative estimate of drug-likeness (QED) is 0.926. The van der Waals surface area contributed by atoms with E-state index in [4.69, 9.17) is 0 Å². The molecule has 3 rings (SSSR count). The van der Waals surface area contributed by atoms with Crippen LogP contribution in [0.3, 0.4) is 0 Å². The second kappa shape index (κ2) is 6.11. The predicted octanol–water partition coefficient (Wildman–Crippen LogP) is 1.48. The van der Waals surface area contributed by atoms with Gasteiger partial charge in [-0.05, 0) is 31.4 Å². The van der Waals surface area contributed by atoms with Crippen molar-refractivity contribution in [2.75, 3.05) is 13.1 Å². The minimum atomic E-state index is 0.236. The van der Waals surface area contributed by atoms with E-state index in [1.807, 2.05) is 28.8 Å². The molecule has 3 heterocycles. The summed E-state index contributed by atoms with van der Waals surface area (Å²) in [7, 11) is 1.91. The molecule has 1 aliphatic rings. The Balaban J connectivity index is 1.56. The Morgan fingerprint density at radius 1 is 1.43 bits per heavy atom. The van der Waals surface area contributed by atoms with Crippen molar-refractivity contribution in [1.29, 1.82) is 0 Å². The zero-order chi connectivity index (χ0) is 14.7. The molecule has 0 saturated carbocycles. The third-order valence-corrected chi connectivity index (χ3v) is 4.25. The molecule has 1 saturated heterocycles. The first-order chi connectivity index (χ1) is 10.2. The molecule has 1 N–H and O–H groups in total. The van der Waals surface area contributed by atoms with Crippen LogP contribution >= 0.6 is 0 Å². The van der Waals surface area contributed by atoms with E-state index < -0.39 is 0 Å². The molecule has 6 nitrogen and oxygen atoms in total. The van der Waals surface area contributed by atoms with Crippen LogP contribution in [0.5, 0.6) is 0 Å². The summed E-state index contributed by atoms with van der Waals surface area (Å²) in [6.45, 7) is 1.67. The fourth-order valence-electron chi connectivity index (χ4n) is 2.99. The van der Waals surface area contributed by atoms with Crippen LogP contribution in [0, 0.1) is 0 Å². The predicted molar refractivity (Wildman–Crippen MR) is 78.7 cm³/mol. The molecule has 1 aliphatic heterocycles. The summed E-state index contributed by atoms with van der Waals surface area (Å²) in [4.78, 5) is 14.4. The topological polar surface area (TPSA) is 66.8 Å². The molecule has 0 aromatic carbocycles. The molecule has 0 unspecified atom stereocenters. The van der Waals surface area contributed by atoms with Gasteiger partial charge in [-0.2, -0.15) is 10.2 Å². The van der Waals surface area contributed by atoms with Crippen LogP contribution in [-0.4, -0.2) is 43.9 Å². The lowest BCUT2D eigenvalue weighted by molar-refractivity contribution is -0.132. The van der Waals surface area contributed by atoms with Gasteiger partial charge in [0.1, 0.15) is 0 Å². The van der Waals surface area contributed by atoms with Gasteiger partial charge in [0.25, 0.3) is 0 Å². The molecule has 21 heavy (non-hydrogen) atoms. The molecule has 0 radical (unpaired) electrons. The Morgan fingerprint density at radius 3 is 3.05 bits per heavy atom. The molecule has 0 spiro atoms. The first-order valence-electron chi connectivity index (χ1n) is 7.48. The summed E-state index contributed by atoms with van der Waals surface area (Å²) in [5, 5.41) is 11.2. The van der Waals surface area contributed by atoms with Crippen molar-refractivity contribution in [3.8, 4) is 0 Å². The molecule has 112 valence electrons. The number of piperidine rings is 1. The number of likely N-dealkylation sites (tertiary alicyclic amines) is 1. The maximum Gasteiger partial charge on any atom is 0.222 e. The lowest BCUT2D eigenvalue weighted by Crippen LogP contribution is -2.39. The summed E-state index contributed by atoms with van der Waals surface area (Å²) in [5.74, 6) is 0.627. The highest BCUT2D eigenvalue weighted by Gasteiger charge is 2.25. The first-order valence-corrected chi connectivity index (χ1v) is 7.48. The maximum atomic E-state index is 12.4. The number of nitrogens with one attached hydrogen (secondary N) is 1. The number of hydrogen-bond donors (Lipinski definition) is 1. The molecular formula is C15H21N5O. The van der Waals surface area contributed by atoms with Crippen LogP contribution in [0.1, 0.15) is 36.6 Å². The van der Waals surface area contributed by atoms with Gasteiger partial charge in [-0.1, -0.05) is 0 Å². The van der Waals surface area contributed by atoms with Gasteiger partial charge < -0.3 is 4.90 Å². The number of rotatable bonds is 4. The van der Waals surface area contributed by atoms with Crippen molar-refractivity contribution in [3.05, 3.63) is 35.9 Å². The van der Waals surface area contributed by atoms with E-state index in [0.717, 1.165) is 43.7 Å². The summed E-state index contributed by atoms with van der Waals surface area (Å²) in [5.41, 5.74) is 2.24. The third kappa shape index (κ3) is 3.15. The van der Waals surface area contributed by atoms with E-state index in [2.05, 4.69) is 15.3 Å². The molecule has 2 aromatic rings. The summed E-state index contributed by atoms with van der Waals surface area (Å²) in [6.07, 6.45) is 7.03. The van der Waals surface area contributed by atoms with E-state index in [-0.39, 0.29) is 5.91 Å². The van der Waals surface area contributed by atoms with E-state index in [1.54, 1.807) is 12.4 Å². The largest absolute Gasteiger partial charge is 0.342 e. The average Bonchev–Trinajstić information content (AvgIpc) is 3.16. The Bertz CT molecular complexity index is 589. The SMILES string of the molecule is Cn1nccc1CCC(=O)N1CCC[C@@H](c2ccn[nH]2)C1. The molecular weight excluding hydrogens is 266 g/mol. The highest BCUT2D eigenvalue weighted by molar-refractivity contribution is 5.76. The van der Waals surface area contributed by atoms with E-state index in [9.17, 15) is 4.79 Å². The van der Waals surface area contributed by atoms with Gasteiger partial charge in [0.2, 0.25) is 5.91 Å². The van der Waals surface area contributed by atoms with Crippen molar-refractivity contribution < 1.29 is 4.79 Å². The molecule has 1 amide bonds. The van der Waals surface area contributed by atoms with Crippen LogP contribution in [0.2, 0.25) is 0 Å². The number of carbonyl (C=O) groups excluding carboxylic acids is 1. The molecule has 1 fully saturated rings. The minimum absolute atomic E-state index is 0.236. The second-order valence-electron chi connectivity index (χ2n) is 5.64. The molecule has 0 bridgehead atoms. The lowest BCUT2D eigenvalue weighted by atomic mass is 9.94. The Morgan fingerprint density at radius 2 is 2.33 bits per heavy atom. The van der Waals surface area contributed by atoms with Gasteiger partial charge in [0, 0.05) is 56.3 Å². The van der Waals surface area contributed by atoms with Crippen LogP contribution in [0.25, 0.3) is 0 Å². The molecule has 2 aromatic heterocycles. The third-order valence-electron chi connectivity index (χ3n) is 4.25. The minimum Gasteiger partial charge on any atom is -0.342 e. The van der Waals surface area contributed by atoms with Gasteiger partial charge in [-0.3, -0.25) is 14.6 Å². The van der Waals surface area contributed by atoms with Crippen LogP contribution in [0.15, 0.2) is 24.5 Å². The fourth-order valence-corrected chi connectivity index (χ4v) is 2.99. The highest BCUT2D eigenvalue weighted by Crippen LogP contribution is 2.25. The average molecular weight is 287 g/mol. The number of nitrogens with zero attached hydrogens (tertiary/aromatic N) is 4. The number of aromatic nitrogens is 4. The fraction of sp³-hybridized carbons (Fsp3) is 0.533. The van der Waals surface area contributed by atoms with Gasteiger partial charge in [-0.15, -0.1) is 0 Å². The van der Waals surface area contributed by atoms with Crippen molar-refractivity contribution in [1.82, 2.24) is 24.9 Å². The summed E-state index contributed by atoms with van der Waals surface area (Å²) < 4.78 is 1.83. The maximum absolute atomic E-state index is 12.4. The Kier molecular flexibility index (Phi) is 4.03. The molecule has 6 heteroatoms. The number of aromatic amines is 1. The second-order valence-corrected chi connectivity index (χ2v) is 5.64. The van der Waals surface area contributed by atoms with E-state index in [0.29, 0.717) is 12.3 Å². The van der Waals surface area contributed by atoms with Crippen molar-refractivity contribution >= 4 is 5.91 Å². The number of amides is 1. The van der Waals surface area contributed by atoms with Crippen LogP contribution in [-0.2, 0) is 18.3 Å². The van der Waals surface area contributed by atoms with Gasteiger partial charge in [0.05, 0.1) is 0 Å². The first kappa shape index (κ1) is 13.9. The zero-order valence-electron chi connectivity index (χ0n) is 12.3. The van der Waals surface area contributed by atoms with Crippen LogP contribution < -0.4 is 0 Å². The number of aryl methyl sites for hydroxylation is 2. The van der Waals surface area contributed by atoms with Crippen molar-refractivity contribution in [2.24, 2.45) is 7.05 Å². The standard InChI is InChI=1S/C15H21N5O/c1-19-13(6-9-17-19)4-5-15(21)20-10-2-3-12(11-20)14-7-8-16-18-14/h6-9,12H,2-5,10-11H2,1H3,(H,16,18)/t12-/m1/s1. The smallest absolute Gasteiger partial charge is 0.222 e. The number of carbonyl (C=O) groups is 1. The Labute approximate surface area is 124 Å². The van der Waals surface area contributed by atoms with E-state index >= 15 is 0 Å². The van der Waals surface area contributed by atoms with E-state index in [1.165, 1.54) is 0 Å². The number of hydrogen-bond acceptors (Lipinski definition) is 3. The van der Waals surface area contributed by atoms with Crippen molar-refractivity contribution in [2.45, 2.75) is 31.6 Å². The summed E-state index contributed by atoms with van der Waals surface area (Å²) >= 11 is 0. The lowest BCUT2D eigenvalue weighted by Gasteiger charge is -2.32. The zero-order valence-corrected chi connectivity index (χ0v) is 12.3. The van der Waals surface area contributed by atoms with Crippen molar-refractivity contribution in [3.63, 3.8) is 0 Å².